The van der Waals surface area contributed by atoms with Gasteiger partial charge in [-0.2, -0.15) is 5.26 Å². The molecular formula is C21H27N5. The number of hydrogen-bond acceptors (Lipinski definition) is 4. The molecule has 5 nitrogen and oxygen atoms in total. The molecule has 1 atom stereocenters. The molecule has 136 valence electrons. The van der Waals surface area contributed by atoms with Crippen LogP contribution in [0.4, 0.5) is 0 Å². The molecule has 5 heteroatoms. The topological polar surface area (TPSA) is 56.9 Å². The van der Waals surface area contributed by atoms with E-state index in [-0.39, 0.29) is 0 Å². The monoisotopic (exact) mass is 349 g/mol. The molecule has 1 unspecified atom stereocenters. The van der Waals surface area contributed by atoms with Crippen LogP contribution in [0.5, 0.6) is 0 Å². The van der Waals surface area contributed by atoms with E-state index in [1.807, 2.05) is 18.3 Å². The molecule has 1 saturated heterocycles. The van der Waals surface area contributed by atoms with Crippen LogP contribution in [-0.2, 0) is 19.6 Å². The van der Waals surface area contributed by atoms with Gasteiger partial charge in [0.1, 0.15) is 5.82 Å². The molecule has 1 aromatic heterocycles. The van der Waals surface area contributed by atoms with E-state index in [0.29, 0.717) is 11.5 Å². The highest BCUT2D eigenvalue weighted by molar-refractivity contribution is 5.31. The molecule has 1 N–H and O–H groups in total. The number of aromatic nitrogens is 2. The number of aryl methyl sites for hydroxylation is 1. The Labute approximate surface area is 155 Å². The lowest BCUT2D eigenvalue weighted by Crippen LogP contribution is -2.36. The van der Waals surface area contributed by atoms with E-state index in [9.17, 15) is 0 Å². The standard InChI is InChI=1S/C21H27N5/c1-2-25-12-11-24-20(25)16-26(15-18-5-3-17(14-22)4-6-18)19-13-21(19)7-9-23-10-8-21/h3-6,11-12,19,23H,2,7-10,13,15-16H2,1H3. The lowest BCUT2D eigenvalue weighted by molar-refractivity contribution is 0.182. The Balaban J connectivity index is 1.54. The van der Waals surface area contributed by atoms with Gasteiger partial charge in [0.15, 0.2) is 0 Å². The van der Waals surface area contributed by atoms with Crippen molar-refractivity contribution in [2.45, 2.75) is 51.9 Å². The van der Waals surface area contributed by atoms with Crippen LogP contribution in [0.1, 0.15) is 43.1 Å². The summed E-state index contributed by atoms with van der Waals surface area (Å²) in [6.45, 7) is 7.22. The smallest absolute Gasteiger partial charge is 0.122 e. The minimum atomic E-state index is 0.501. The Morgan fingerprint density at radius 3 is 2.73 bits per heavy atom. The molecule has 4 rings (SSSR count). The van der Waals surface area contributed by atoms with Crippen LogP contribution in [0.3, 0.4) is 0 Å². The van der Waals surface area contributed by atoms with Gasteiger partial charge in [-0.15, -0.1) is 0 Å². The van der Waals surface area contributed by atoms with Gasteiger partial charge >= 0.3 is 0 Å². The number of nitrogens with one attached hydrogen (secondary N) is 1. The molecule has 2 aromatic rings. The Morgan fingerprint density at radius 1 is 1.27 bits per heavy atom. The molecule has 0 amide bonds. The van der Waals surface area contributed by atoms with Crippen molar-refractivity contribution in [2.75, 3.05) is 13.1 Å². The first-order valence-electron chi connectivity index (χ1n) is 9.68. The van der Waals surface area contributed by atoms with Gasteiger partial charge in [-0.05, 0) is 62.4 Å². The van der Waals surface area contributed by atoms with Crippen molar-refractivity contribution >= 4 is 0 Å². The molecule has 1 saturated carbocycles. The molecule has 0 radical (unpaired) electrons. The summed E-state index contributed by atoms with van der Waals surface area (Å²) in [7, 11) is 0. The van der Waals surface area contributed by atoms with Gasteiger partial charge in [0.25, 0.3) is 0 Å². The summed E-state index contributed by atoms with van der Waals surface area (Å²) in [5, 5.41) is 12.5. The van der Waals surface area contributed by atoms with Crippen LogP contribution in [0.15, 0.2) is 36.7 Å². The lowest BCUT2D eigenvalue weighted by atomic mass is 9.93. The second-order valence-electron chi connectivity index (χ2n) is 7.68. The van der Waals surface area contributed by atoms with Crippen LogP contribution >= 0.6 is 0 Å². The molecule has 1 aromatic carbocycles. The summed E-state index contributed by atoms with van der Waals surface area (Å²) in [5.74, 6) is 1.15. The molecule has 1 aliphatic carbocycles. The second kappa shape index (κ2) is 7.22. The fourth-order valence-electron chi connectivity index (χ4n) is 4.46. The Bertz CT molecular complexity index is 779. The predicted molar refractivity (Wildman–Crippen MR) is 101 cm³/mol. The summed E-state index contributed by atoms with van der Waals surface area (Å²) in [6.07, 6.45) is 7.85. The third-order valence-electron chi connectivity index (χ3n) is 6.14. The molecule has 2 fully saturated rings. The number of piperidine rings is 1. The summed E-state index contributed by atoms with van der Waals surface area (Å²) < 4.78 is 2.24. The fraction of sp³-hybridized carbons (Fsp3) is 0.524. The van der Waals surface area contributed by atoms with E-state index in [1.165, 1.54) is 24.8 Å². The zero-order chi connectivity index (χ0) is 18.0. The summed E-state index contributed by atoms with van der Waals surface area (Å²) in [4.78, 5) is 7.22. The molecule has 2 heterocycles. The largest absolute Gasteiger partial charge is 0.334 e. The zero-order valence-electron chi connectivity index (χ0n) is 15.5. The zero-order valence-corrected chi connectivity index (χ0v) is 15.5. The molecule has 1 spiro atoms. The average Bonchev–Trinajstić information content (AvgIpc) is 3.17. The van der Waals surface area contributed by atoms with E-state index >= 15 is 0 Å². The normalized spacial score (nSPS) is 21.0. The van der Waals surface area contributed by atoms with E-state index < -0.39 is 0 Å². The van der Waals surface area contributed by atoms with Crippen LogP contribution in [-0.4, -0.2) is 33.6 Å². The van der Waals surface area contributed by atoms with Gasteiger partial charge in [-0.1, -0.05) is 12.1 Å². The van der Waals surface area contributed by atoms with Crippen LogP contribution < -0.4 is 5.32 Å². The summed E-state index contributed by atoms with van der Waals surface area (Å²) >= 11 is 0. The van der Waals surface area contributed by atoms with Gasteiger partial charge in [0.05, 0.1) is 18.2 Å². The Morgan fingerprint density at radius 2 is 2.04 bits per heavy atom. The summed E-state index contributed by atoms with van der Waals surface area (Å²) in [6, 6.07) is 10.9. The van der Waals surface area contributed by atoms with Gasteiger partial charge in [0.2, 0.25) is 0 Å². The van der Waals surface area contributed by atoms with E-state index in [4.69, 9.17) is 5.26 Å². The van der Waals surface area contributed by atoms with Crippen molar-refractivity contribution < 1.29 is 0 Å². The quantitative estimate of drug-likeness (QED) is 0.871. The molecule has 0 bridgehead atoms. The minimum Gasteiger partial charge on any atom is -0.334 e. The Hall–Kier alpha value is -2.16. The number of nitrogens with zero attached hydrogens (tertiary/aromatic N) is 4. The van der Waals surface area contributed by atoms with Crippen LogP contribution in [0.2, 0.25) is 0 Å². The summed E-state index contributed by atoms with van der Waals surface area (Å²) in [5.41, 5.74) is 2.50. The predicted octanol–water partition coefficient (Wildman–Crippen LogP) is 2.92. The van der Waals surface area contributed by atoms with Crippen molar-refractivity contribution in [3.63, 3.8) is 0 Å². The fourth-order valence-corrected chi connectivity index (χ4v) is 4.46. The van der Waals surface area contributed by atoms with Crippen molar-refractivity contribution in [3.8, 4) is 6.07 Å². The van der Waals surface area contributed by atoms with Crippen LogP contribution in [0.25, 0.3) is 0 Å². The highest BCUT2D eigenvalue weighted by Crippen LogP contribution is 2.56. The third kappa shape index (κ3) is 3.40. The maximum atomic E-state index is 9.03. The first-order chi connectivity index (χ1) is 12.7. The lowest BCUT2D eigenvalue weighted by Gasteiger charge is -2.29. The number of benzene rings is 1. The first-order valence-corrected chi connectivity index (χ1v) is 9.68. The van der Waals surface area contributed by atoms with Gasteiger partial charge in [0, 0.05) is 31.5 Å². The second-order valence-corrected chi connectivity index (χ2v) is 7.68. The molecular weight excluding hydrogens is 322 g/mol. The van der Waals surface area contributed by atoms with Crippen molar-refractivity contribution in [1.82, 2.24) is 19.8 Å². The van der Waals surface area contributed by atoms with Gasteiger partial charge in [-0.25, -0.2) is 4.98 Å². The number of rotatable bonds is 6. The molecule has 1 aliphatic heterocycles. The van der Waals surface area contributed by atoms with E-state index in [2.05, 4.69) is 51.1 Å². The average molecular weight is 349 g/mol. The van der Waals surface area contributed by atoms with Crippen molar-refractivity contribution in [2.24, 2.45) is 5.41 Å². The third-order valence-corrected chi connectivity index (χ3v) is 6.14. The van der Waals surface area contributed by atoms with Gasteiger partial charge in [-0.3, -0.25) is 4.90 Å². The highest BCUT2D eigenvalue weighted by Gasteiger charge is 2.56. The Kier molecular flexibility index (Phi) is 4.80. The van der Waals surface area contributed by atoms with Crippen LogP contribution in [0, 0.1) is 16.7 Å². The molecule has 2 aliphatic rings. The number of imidazole rings is 1. The maximum absolute atomic E-state index is 9.03. The number of hydrogen-bond donors (Lipinski definition) is 1. The van der Waals surface area contributed by atoms with Crippen molar-refractivity contribution in [1.29, 1.82) is 5.26 Å². The van der Waals surface area contributed by atoms with E-state index in [0.717, 1.165) is 44.1 Å². The highest BCUT2D eigenvalue weighted by atomic mass is 15.2. The van der Waals surface area contributed by atoms with Crippen molar-refractivity contribution in [3.05, 3.63) is 53.6 Å². The SMILES string of the molecule is CCn1ccnc1CN(Cc1ccc(C#N)cc1)C1CC12CCNCC2. The number of nitriles is 1. The molecule has 26 heavy (non-hydrogen) atoms. The first kappa shape index (κ1) is 17.3. The van der Waals surface area contributed by atoms with Gasteiger partial charge < -0.3 is 9.88 Å². The maximum Gasteiger partial charge on any atom is 0.122 e. The van der Waals surface area contributed by atoms with E-state index in [1.54, 1.807) is 0 Å². The minimum absolute atomic E-state index is 0.501.